The van der Waals surface area contributed by atoms with E-state index < -0.39 is 0 Å². The number of nitrogens with zero attached hydrogens (tertiary/aromatic N) is 2. The zero-order valence-corrected chi connectivity index (χ0v) is 13.4. The van der Waals surface area contributed by atoms with Crippen LogP contribution in [0.25, 0.3) is 6.08 Å². The Bertz CT molecular complexity index is 641. The van der Waals surface area contributed by atoms with Gasteiger partial charge in [0, 0.05) is 12.2 Å². The Morgan fingerprint density at radius 1 is 1.35 bits per heavy atom. The van der Waals surface area contributed by atoms with Crippen molar-refractivity contribution >= 4 is 34.9 Å². The van der Waals surface area contributed by atoms with Gasteiger partial charge in [0.2, 0.25) is 5.95 Å². The summed E-state index contributed by atoms with van der Waals surface area (Å²) in [7, 11) is 0. The second-order valence-corrected chi connectivity index (χ2v) is 6.77. The molecule has 0 radical (unpaired) electrons. The summed E-state index contributed by atoms with van der Waals surface area (Å²) < 4.78 is 0. The Morgan fingerprint density at radius 3 is 2.78 bits per heavy atom. The molecule has 23 heavy (non-hydrogen) atoms. The third-order valence-corrected chi connectivity index (χ3v) is 4.92. The van der Waals surface area contributed by atoms with E-state index in [1.165, 1.54) is 0 Å². The molecule has 1 aliphatic heterocycles. The van der Waals surface area contributed by atoms with Gasteiger partial charge in [0.1, 0.15) is 0 Å². The summed E-state index contributed by atoms with van der Waals surface area (Å²) in [4.78, 5) is 31.7. The van der Waals surface area contributed by atoms with E-state index >= 15 is 0 Å². The molecule has 2 fully saturated rings. The lowest BCUT2D eigenvalue weighted by Crippen LogP contribution is -2.29. The summed E-state index contributed by atoms with van der Waals surface area (Å²) in [6.07, 6.45) is 7.61. The molecule has 2 aliphatic rings. The lowest BCUT2D eigenvalue weighted by Gasteiger charge is -2.28. The van der Waals surface area contributed by atoms with Crippen LogP contribution in [0.2, 0.25) is 0 Å². The van der Waals surface area contributed by atoms with Gasteiger partial charge in [-0.3, -0.25) is 14.9 Å². The van der Waals surface area contributed by atoms with Crippen molar-refractivity contribution in [3.63, 3.8) is 0 Å². The number of thioether (sulfide) groups is 1. The highest BCUT2D eigenvalue weighted by molar-refractivity contribution is 8.18. The third kappa shape index (κ3) is 4.08. The first kappa shape index (κ1) is 15.9. The van der Waals surface area contributed by atoms with Gasteiger partial charge in [-0.25, -0.2) is 9.97 Å². The molecule has 0 spiro atoms. The highest BCUT2D eigenvalue weighted by Crippen LogP contribution is 2.26. The van der Waals surface area contributed by atoms with Gasteiger partial charge in [-0.15, -0.1) is 0 Å². The lowest BCUT2D eigenvalue weighted by molar-refractivity contribution is -0.115. The molecule has 1 aromatic heterocycles. The number of anilines is 1. The zero-order chi connectivity index (χ0) is 16.2. The maximum atomic E-state index is 11.6. The number of carbonyl (C=O) groups is 2. The molecule has 8 heteroatoms. The van der Waals surface area contributed by atoms with Gasteiger partial charge in [-0.2, -0.15) is 0 Å². The van der Waals surface area contributed by atoms with Crippen LogP contribution in [0.5, 0.6) is 0 Å². The van der Waals surface area contributed by atoms with Crippen molar-refractivity contribution in [1.29, 1.82) is 0 Å². The van der Waals surface area contributed by atoms with Gasteiger partial charge < -0.3 is 11.1 Å². The second kappa shape index (κ2) is 7.10. The minimum atomic E-state index is -0.381. The molecule has 4 N–H and O–H groups in total. The predicted octanol–water partition coefficient (Wildman–Crippen LogP) is 1.73. The highest BCUT2D eigenvalue weighted by atomic mass is 32.2. The quantitative estimate of drug-likeness (QED) is 0.720. The Morgan fingerprint density at radius 2 is 2.13 bits per heavy atom. The summed E-state index contributed by atoms with van der Waals surface area (Å²) in [6.45, 7) is 0.755. The molecule has 1 aromatic rings. The van der Waals surface area contributed by atoms with Crippen LogP contribution in [-0.2, 0) is 4.79 Å². The van der Waals surface area contributed by atoms with E-state index in [0.29, 0.717) is 28.5 Å². The number of aromatic nitrogens is 2. The van der Waals surface area contributed by atoms with Crippen LogP contribution >= 0.6 is 11.8 Å². The number of nitrogens with two attached hydrogens (primary N) is 1. The first-order valence-electron chi connectivity index (χ1n) is 7.68. The van der Waals surface area contributed by atoms with E-state index in [4.69, 9.17) is 5.73 Å². The fourth-order valence-electron chi connectivity index (χ4n) is 2.80. The van der Waals surface area contributed by atoms with Crippen molar-refractivity contribution in [3.05, 3.63) is 22.9 Å². The van der Waals surface area contributed by atoms with Crippen molar-refractivity contribution in [3.8, 4) is 0 Å². The van der Waals surface area contributed by atoms with E-state index in [0.717, 1.165) is 44.0 Å². The summed E-state index contributed by atoms with van der Waals surface area (Å²) in [6, 6.07) is 2.06. The van der Waals surface area contributed by atoms with Crippen LogP contribution < -0.4 is 16.4 Å². The van der Waals surface area contributed by atoms with Crippen LogP contribution in [-0.4, -0.2) is 33.7 Å². The number of hydrogen-bond acceptors (Lipinski definition) is 7. The maximum absolute atomic E-state index is 11.6. The van der Waals surface area contributed by atoms with Crippen molar-refractivity contribution in [2.75, 3.05) is 11.9 Å². The molecule has 3 rings (SSSR count). The number of imide groups is 1. The molecule has 7 nitrogen and oxygen atoms in total. The van der Waals surface area contributed by atoms with Gasteiger partial charge in [0.15, 0.2) is 0 Å². The van der Waals surface area contributed by atoms with E-state index in [-0.39, 0.29) is 11.1 Å². The molecule has 1 saturated heterocycles. The SMILES string of the molecule is NCC1CCC(Nc2nccc(C=C3SC(=O)NC3=O)n2)CC1. The van der Waals surface area contributed by atoms with Gasteiger partial charge in [-0.05, 0) is 62.1 Å². The van der Waals surface area contributed by atoms with Crippen LogP contribution in [0.1, 0.15) is 31.4 Å². The van der Waals surface area contributed by atoms with Crippen molar-refractivity contribution < 1.29 is 9.59 Å². The van der Waals surface area contributed by atoms with Crippen molar-refractivity contribution in [1.82, 2.24) is 15.3 Å². The highest BCUT2D eigenvalue weighted by Gasteiger charge is 2.25. The smallest absolute Gasteiger partial charge is 0.290 e. The number of carbonyl (C=O) groups excluding carboxylic acids is 2. The minimum absolute atomic E-state index is 0.350. The Balaban J connectivity index is 1.65. The molecule has 1 aliphatic carbocycles. The van der Waals surface area contributed by atoms with Crippen LogP contribution in [0.15, 0.2) is 17.2 Å². The molecule has 2 heterocycles. The zero-order valence-electron chi connectivity index (χ0n) is 12.6. The first-order valence-corrected chi connectivity index (χ1v) is 8.50. The molecule has 2 amide bonds. The van der Waals surface area contributed by atoms with E-state index in [1.807, 2.05) is 0 Å². The number of nitrogens with one attached hydrogen (secondary N) is 2. The van der Waals surface area contributed by atoms with Crippen LogP contribution in [0.3, 0.4) is 0 Å². The van der Waals surface area contributed by atoms with Gasteiger partial charge in [-0.1, -0.05) is 0 Å². The summed E-state index contributed by atoms with van der Waals surface area (Å²) >= 11 is 0.882. The Kier molecular flexibility index (Phi) is 4.92. The fourth-order valence-corrected chi connectivity index (χ4v) is 3.47. The van der Waals surface area contributed by atoms with E-state index in [9.17, 15) is 9.59 Å². The summed E-state index contributed by atoms with van der Waals surface area (Å²) in [5, 5.41) is 5.21. The molecule has 0 atom stereocenters. The minimum Gasteiger partial charge on any atom is -0.351 e. The average molecular weight is 333 g/mol. The lowest BCUT2D eigenvalue weighted by atomic mass is 9.86. The molecule has 0 unspecified atom stereocenters. The van der Waals surface area contributed by atoms with Crippen LogP contribution in [0, 0.1) is 5.92 Å². The average Bonchev–Trinajstić information content (AvgIpc) is 2.86. The number of rotatable bonds is 4. The summed E-state index contributed by atoms with van der Waals surface area (Å²) in [5.74, 6) is 0.791. The van der Waals surface area contributed by atoms with Gasteiger partial charge in [0.05, 0.1) is 10.6 Å². The number of hydrogen-bond donors (Lipinski definition) is 3. The van der Waals surface area contributed by atoms with Crippen molar-refractivity contribution in [2.45, 2.75) is 31.7 Å². The molecule has 0 aromatic carbocycles. The molecule has 0 bridgehead atoms. The monoisotopic (exact) mass is 333 g/mol. The topological polar surface area (TPSA) is 110 Å². The standard InChI is InChI=1S/C15H19N5O2S/c16-8-9-1-3-10(4-2-9)18-14-17-6-5-11(19-14)7-12-13(21)20-15(22)23-12/h5-7,9-10H,1-4,8,16H2,(H,17,18,19)(H,20,21,22). The van der Waals surface area contributed by atoms with Gasteiger partial charge in [0.25, 0.3) is 11.1 Å². The molecule has 1 saturated carbocycles. The van der Waals surface area contributed by atoms with Crippen molar-refractivity contribution in [2.24, 2.45) is 11.7 Å². The molecular weight excluding hydrogens is 314 g/mol. The third-order valence-electron chi connectivity index (χ3n) is 4.11. The largest absolute Gasteiger partial charge is 0.351 e. The summed E-state index contributed by atoms with van der Waals surface area (Å²) in [5.41, 5.74) is 6.31. The maximum Gasteiger partial charge on any atom is 0.290 e. The Labute approximate surface area is 138 Å². The normalized spacial score (nSPS) is 26.4. The predicted molar refractivity (Wildman–Crippen MR) is 89.6 cm³/mol. The molecule has 122 valence electrons. The number of amides is 2. The van der Waals surface area contributed by atoms with Crippen LogP contribution in [0.4, 0.5) is 10.7 Å². The fraction of sp³-hybridized carbons (Fsp3) is 0.467. The molecular formula is C15H19N5O2S. The van der Waals surface area contributed by atoms with E-state index in [2.05, 4.69) is 20.6 Å². The second-order valence-electron chi connectivity index (χ2n) is 5.76. The first-order chi connectivity index (χ1) is 11.1. The van der Waals surface area contributed by atoms with E-state index in [1.54, 1.807) is 18.3 Å². The van der Waals surface area contributed by atoms with Gasteiger partial charge >= 0.3 is 0 Å². The Hall–Kier alpha value is -1.93.